The molecule has 0 saturated carbocycles. The van der Waals surface area contributed by atoms with Gasteiger partial charge in [0, 0.05) is 11.3 Å². The summed E-state index contributed by atoms with van der Waals surface area (Å²) in [6.45, 7) is 3.70. The zero-order chi connectivity index (χ0) is 19.2. The maximum atomic E-state index is 12.4. The van der Waals surface area contributed by atoms with Crippen molar-refractivity contribution < 1.29 is 19.2 Å². The van der Waals surface area contributed by atoms with Crippen molar-refractivity contribution in [3.63, 3.8) is 0 Å². The van der Waals surface area contributed by atoms with Gasteiger partial charge in [-0.3, -0.25) is 4.79 Å². The van der Waals surface area contributed by atoms with Gasteiger partial charge in [0.05, 0.1) is 20.8 Å². The van der Waals surface area contributed by atoms with E-state index in [1.54, 1.807) is 7.11 Å². The Morgan fingerprint density at radius 1 is 1.11 bits per heavy atom. The third kappa shape index (κ3) is 5.01. The predicted molar refractivity (Wildman–Crippen MR) is 107 cm³/mol. The SMILES string of the molecule is CCOc1ccc(C[NH+](C)CC(=O)Nc2ccc3c(c2)CCC3)cc1OC. The van der Waals surface area contributed by atoms with Gasteiger partial charge in [-0.25, -0.2) is 0 Å². The van der Waals surface area contributed by atoms with Crippen molar-refractivity contribution in [3.8, 4) is 11.5 Å². The van der Waals surface area contributed by atoms with Crippen LogP contribution in [0.4, 0.5) is 5.69 Å². The number of hydrogen-bond donors (Lipinski definition) is 2. The smallest absolute Gasteiger partial charge is 0.279 e. The third-order valence-corrected chi connectivity index (χ3v) is 4.88. The molecule has 0 aromatic heterocycles. The van der Waals surface area contributed by atoms with Crippen LogP contribution in [0.3, 0.4) is 0 Å². The van der Waals surface area contributed by atoms with E-state index in [1.165, 1.54) is 17.5 Å². The molecule has 144 valence electrons. The first-order valence-corrected chi connectivity index (χ1v) is 9.61. The van der Waals surface area contributed by atoms with Crippen molar-refractivity contribution in [2.45, 2.75) is 32.7 Å². The molecule has 1 aliphatic rings. The van der Waals surface area contributed by atoms with E-state index in [0.29, 0.717) is 13.2 Å². The lowest BCUT2D eigenvalue weighted by atomic mass is 10.1. The molecule has 0 bridgehead atoms. The van der Waals surface area contributed by atoms with Crippen LogP contribution in [0, 0.1) is 0 Å². The highest BCUT2D eigenvalue weighted by Crippen LogP contribution is 2.28. The molecule has 0 saturated heterocycles. The molecule has 2 N–H and O–H groups in total. The summed E-state index contributed by atoms with van der Waals surface area (Å²) in [6.07, 6.45) is 3.48. The summed E-state index contributed by atoms with van der Waals surface area (Å²) in [7, 11) is 3.66. The molecule has 5 heteroatoms. The van der Waals surface area contributed by atoms with Gasteiger partial charge in [0.15, 0.2) is 18.0 Å². The van der Waals surface area contributed by atoms with Gasteiger partial charge >= 0.3 is 0 Å². The molecule has 1 amide bonds. The number of amides is 1. The number of quaternary nitrogens is 1. The van der Waals surface area contributed by atoms with Gasteiger partial charge < -0.3 is 19.7 Å². The highest BCUT2D eigenvalue weighted by atomic mass is 16.5. The number of carbonyl (C=O) groups excluding carboxylic acids is 1. The molecular weight excluding hydrogens is 340 g/mol. The van der Waals surface area contributed by atoms with Crippen molar-refractivity contribution in [1.82, 2.24) is 0 Å². The Morgan fingerprint density at radius 2 is 1.93 bits per heavy atom. The first-order valence-electron chi connectivity index (χ1n) is 9.61. The van der Waals surface area contributed by atoms with Crippen LogP contribution in [0.2, 0.25) is 0 Å². The lowest BCUT2D eigenvalue weighted by molar-refractivity contribution is -0.885. The summed E-state index contributed by atoms with van der Waals surface area (Å²) in [5, 5.41) is 3.03. The number of carbonyl (C=O) groups is 1. The fourth-order valence-electron chi connectivity index (χ4n) is 3.64. The molecule has 0 aliphatic heterocycles. The summed E-state index contributed by atoms with van der Waals surface area (Å²) in [6, 6.07) is 12.2. The molecule has 0 radical (unpaired) electrons. The standard InChI is InChI=1S/C22H28N2O3/c1-4-27-20-11-8-16(12-21(20)26-3)14-24(2)15-22(25)23-19-10-9-17-6-5-7-18(17)13-19/h8-13H,4-7,14-15H2,1-3H3,(H,23,25)/p+1. The first-order chi connectivity index (χ1) is 13.1. The van der Waals surface area contributed by atoms with Gasteiger partial charge in [0.2, 0.25) is 0 Å². The number of aryl methyl sites for hydroxylation is 2. The number of rotatable bonds is 8. The van der Waals surface area contributed by atoms with Crippen LogP contribution < -0.4 is 19.7 Å². The number of ether oxygens (including phenoxy) is 2. The Kier molecular flexibility index (Phi) is 6.35. The van der Waals surface area contributed by atoms with Crippen molar-refractivity contribution in [2.24, 2.45) is 0 Å². The number of hydrogen-bond acceptors (Lipinski definition) is 3. The molecule has 2 aromatic carbocycles. The zero-order valence-electron chi connectivity index (χ0n) is 16.4. The topological polar surface area (TPSA) is 52.0 Å². The van der Waals surface area contributed by atoms with Crippen LogP contribution in [-0.2, 0) is 24.2 Å². The van der Waals surface area contributed by atoms with Gasteiger partial charge in [0.1, 0.15) is 6.54 Å². The molecule has 3 rings (SSSR count). The van der Waals surface area contributed by atoms with Crippen molar-refractivity contribution in [1.29, 1.82) is 0 Å². The van der Waals surface area contributed by atoms with Crippen molar-refractivity contribution >= 4 is 11.6 Å². The molecule has 1 aliphatic carbocycles. The van der Waals surface area contributed by atoms with Crippen LogP contribution in [0.1, 0.15) is 30.0 Å². The second-order valence-electron chi connectivity index (χ2n) is 7.11. The molecule has 0 heterocycles. The largest absolute Gasteiger partial charge is 0.493 e. The average Bonchev–Trinajstić information content (AvgIpc) is 3.10. The van der Waals surface area contributed by atoms with E-state index in [9.17, 15) is 4.79 Å². The van der Waals surface area contributed by atoms with Crippen LogP contribution in [-0.4, -0.2) is 33.2 Å². The van der Waals surface area contributed by atoms with Gasteiger partial charge in [-0.2, -0.15) is 0 Å². The lowest BCUT2D eigenvalue weighted by Crippen LogP contribution is -3.08. The minimum atomic E-state index is 0.0309. The Hall–Kier alpha value is -2.53. The monoisotopic (exact) mass is 369 g/mol. The van der Waals surface area contributed by atoms with E-state index in [1.807, 2.05) is 38.2 Å². The molecule has 1 atom stereocenters. The zero-order valence-corrected chi connectivity index (χ0v) is 16.4. The van der Waals surface area contributed by atoms with Crippen LogP contribution >= 0.6 is 0 Å². The quantitative estimate of drug-likeness (QED) is 0.750. The maximum Gasteiger partial charge on any atom is 0.279 e. The van der Waals surface area contributed by atoms with Gasteiger partial charge in [0.25, 0.3) is 5.91 Å². The maximum absolute atomic E-state index is 12.4. The minimum absolute atomic E-state index is 0.0309. The van der Waals surface area contributed by atoms with E-state index < -0.39 is 0 Å². The van der Waals surface area contributed by atoms with E-state index in [4.69, 9.17) is 9.47 Å². The number of methoxy groups -OCH3 is 1. The van der Waals surface area contributed by atoms with Crippen LogP contribution in [0.15, 0.2) is 36.4 Å². The Balaban J connectivity index is 1.55. The third-order valence-electron chi connectivity index (χ3n) is 4.88. The Labute approximate surface area is 161 Å². The summed E-state index contributed by atoms with van der Waals surface area (Å²) in [4.78, 5) is 13.5. The molecule has 2 aromatic rings. The molecular formula is C22H29N2O3+. The second-order valence-corrected chi connectivity index (χ2v) is 7.11. The Morgan fingerprint density at radius 3 is 2.70 bits per heavy atom. The number of anilines is 1. The molecule has 27 heavy (non-hydrogen) atoms. The van der Waals surface area contributed by atoms with Gasteiger partial charge in [-0.1, -0.05) is 6.07 Å². The van der Waals surface area contributed by atoms with E-state index in [-0.39, 0.29) is 5.91 Å². The van der Waals surface area contributed by atoms with Crippen LogP contribution in [0.5, 0.6) is 11.5 Å². The number of likely N-dealkylation sites (N-methyl/N-ethyl adjacent to an activating group) is 1. The number of nitrogens with one attached hydrogen (secondary N) is 2. The lowest BCUT2D eigenvalue weighted by Gasteiger charge is -2.16. The highest BCUT2D eigenvalue weighted by Gasteiger charge is 2.15. The molecule has 0 spiro atoms. The molecule has 0 fully saturated rings. The van der Waals surface area contributed by atoms with E-state index in [0.717, 1.165) is 47.0 Å². The normalized spacial score (nSPS) is 13.7. The first kappa shape index (κ1) is 19.2. The summed E-state index contributed by atoms with van der Waals surface area (Å²) < 4.78 is 11.0. The fourth-order valence-corrected chi connectivity index (χ4v) is 3.64. The molecule has 1 unspecified atom stereocenters. The van der Waals surface area contributed by atoms with Gasteiger partial charge in [-0.05, 0) is 67.6 Å². The molecule has 5 nitrogen and oxygen atoms in total. The van der Waals surface area contributed by atoms with Crippen LogP contribution in [0.25, 0.3) is 0 Å². The summed E-state index contributed by atoms with van der Waals surface area (Å²) in [5.41, 5.74) is 4.80. The summed E-state index contributed by atoms with van der Waals surface area (Å²) in [5.74, 6) is 1.50. The van der Waals surface area contributed by atoms with Gasteiger partial charge in [-0.15, -0.1) is 0 Å². The van der Waals surface area contributed by atoms with Crippen molar-refractivity contribution in [2.75, 3.05) is 32.6 Å². The number of fused-ring (bicyclic) bond motifs is 1. The second kappa shape index (κ2) is 8.91. The van der Waals surface area contributed by atoms with Crippen molar-refractivity contribution in [3.05, 3.63) is 53.1 Å². The van der Waals surface area contributed by atoms with E-state index in [2.05, 4.69) is 17.4 Å². The number of benzene rings is 2. The minimum Gasteiger partial charge on any atom is -0.493 e. The predicted octanol–water partition coefficient (Wildman–Crippen LogP) is 2.24. The van der Waals surface area contributed by atoms with E-state index >= 15 is 0 Å². The average molecular weight is 369 g/mol. The summed E-state index contributed by atoms with van der Waals surface area (Å²) >= 11 is 0. The Bertz CT molecular complexity index is 804. The highest BCUT2D eigenvalue weighted by molar-refractivity contribution is 5.91. The fraction of sp³-hybridized carbons (Fsp3) is 0.409.